The molecule has 0 saturated carbocycles. The highest BCUT2D eigenvalue weighted by molar-refractivity contribution is 9.18. The van der Waals surface area contributed by atoms with Gasteiger partial charge in [0.05, 0.1) is 10.9 Å². The van der Waals surface area contributed by atoms with Crippen LogP contribution in [0.25, 0.3) is 0 Å². The molecule has 0 saturated heterocycles. The fourth-order valence-electron chi connectivity index (χ4n) is 1.69. The van der Waals surface area contributed by atoms with Crippen LogP contribution in [0.2, 0.25) is 0 Å². The van der Waals surface area contributed by atoms with E-state index in [0.29, 0.717) is 6.54 Å². The van der Waals surface area contributed by atoms with Gasteiger partial charge in [-0.05, 0) is 24.6 Å². The molecule has 1 atom stereocenters. The summed E-state index contributed by atoms with van der Waals surface area (Å²) >= 11 is 4.45. The number of benzene rings is 1. The van der Waals surface area contributed by atoms with Crippen LogP contribution in [0, 0.1) is 0 Å². The molecule has 0 aromatic heterocycles. The molecule has 96 valence electrons. The van der Waals surface area contributed by atoms with Gasteiger partial charge in [0.25, 0.3) is 4.82 Å². The van der Waals surface area contributed by atoms with E-state index in [-0.39, 0.29) is 16.0 Å². The number of rotatable bonds is 2. The SMILES string of the molecule is CC1Sc2ccc(CN(C)C(=O)Br)cc2NC1=O. The third kappa shape index (κ3) is 2.87. The summed E-state index contributed by atoms with van der Waals surface area (Å²) in [4.78, 5) is 25.2. The van der Waals surface area contributed by atoms with E-state index in [1.54, 1.807) is 23.7 Å². The zero-order chi connectivity index (χ0) is 13.3. The van der Waals surface area contributed by atoms with Crippen molar-refractivity contribution in [3.63, 3.8) is 0 Å². The molecule has 1 aliphatic heterocycles. The Balaban J connectivity index is 2.20. The Morgan fingerprint density at radius 3 is 2.94 bits per heavy atom. The van der Waals surface area contributed by atoms with Crippen molar-refractivity contribution in [2.45, 2.75) is 23.6 Å². The van der Waals surface area contributed by atoms with Gasteiger partial charge >= 0.3 is 0 Å². The van der Waals surface area contributed by atoms with Crippen LogP contribution in [0.5, 0.6) is 0 Å². The molecular formula is C12H13BrN2O2S. The molecule has 1 heterocycles. The first-order chi connectivity index (χ1) is 8.47. The van der Waals surface area contributed by atoms with Crippen LogP contribution >= 0.6 is 27.7 Å². The van der Waals surface area contributed by atoms with Crippen molar-refractivity contribution < 1.29 is 9.59 Å². The molecule has 2 rings (SSSR count). The average molecular weight is 329 g/mol. The van der Waals surface area contributed by atoms with Gasteiger partial charge < -0.3 is 10.2 Å². The van der Waals surface area contributed by atoms with E-state index in [9.17, 15) is 9.59 Å². The van der Waals surface area contributed by atoms with Gasteiger partial charge in [-0.15, -0.1) is 11.8 Å². The molecule has 0 bridgehead atoms. The number of hydrogen-bond donors (Lipinski definition) is 1. The van der Waals surface area contributed by atoms with E-state index >= 15 is 0 Å². The molecule has 0 fully saturated rings. The molecule has 0 aliphatic carbocycles. The lowest BCUT2D eigenvalue weighted by Gasteiger charge is -2.22. The van der Waals surface area contributed by atoms with Gasteiger partial charge in [-0.25, -0.2) is 0 Å². The van der Waals surface area contributed by atoms with Crippen molar-refractivity contribution >= 4 is 44.1 Å². The number of fused-ring (bicyclic) bond motifs is 1. The van der Waals surface area contributed by atoms with E-state index in [4.69, 9.17) is 0 Å². The predicted octanol–water partition coefficient (Wildman–Crippen LogP) is 3.07. The molecule has 1 N–H and O–H groups in total. The molecule has 6 heteroatoms. The summed E-state index contributed by atoms with van der Waals surface area (Å²) < 4.78 is 0. The first-order valence-corrected chi connectivity index (χ1v) is 7.15. The zero-order valence-electron chi connectivity index (χ0n) is 10.1. The standard InChI is InChI=1S/C12H13BrN2O2S/c1-7-11(16)14-9-5-8(3-4-10(9)18-7)6-15(2)12(13)17/h3-5,7H,6H2,1-2H3,(H,14,16). The summed E-state index contributed by atoms with van der Waals surface area (Å²) in [5.74, 6) is 0.0228. The molecule has 0 radical (unpaired) electrons. The van der Waals surface area contributed by atoms with Gasteiger partial charge in [-0.3, -0.25) is 9.59 Å². The molecule has 2 amide bonds. The Labute approximate surface area is 118 Å². The highest BCUT2D eigenvalue weighted by Crippen LogP contribution is 2.36. The number of nitrogens with zero attached hydrogens (tertiary/aromatic N) is 1. The highest BCUT2D eigenvalue weighted by atomic mass is 79.9. The Morgan fingerprint density at radius 2 is 2.28 bits per heavy atom. The van der Waals surface area contributed by atoms with Crippen LogP contribution in [0.4, 0.5) is 10.5 Å². The summed E-state index contributed by atoms with van der Waals surface area (Å²) in [6.07, 6.45) is 0. The van der Waals surface area contributed by atoms with E-state index in [1.165, 1.54) is 0 Å². The number of halogens is 1. The summed E-state index contributed by atoms with van der Waals surface area (Å²) in [6, 6.07) is 5.87. The van der Waals surface area contributed by atoms with Gasteiger partial charge in [-0.1, -0.05) is 6.07 Å². The number of amides is 2. The normalized spacial score (nSPS) is 17.9. The summed E-state index contributed by atoms with van der Waals surface area (Å²) in [5.41, 5.74) is 1.82. The largest absolute Gasteiger partial charge is 0.332 e. The number of nitrogens with one attached hydrogen (secondary N) is 1. The monoisotopic (exact) mass is 328 g/mol. The van der Waals surface area contributed by atoms with E-state index in [1.807, 2.05) is 25.1 Å². The topological polar surface area (TPSA) is 49.4 Å². The quantitative estimate of drug-likeness (QED) is 0.670. The number of carbonyl (C=O) groups excluding carboxylic acids is 2. The maximum atomic E-state index is 11.6. The summed E-state index contributed by atoms with van der Waals surface area (Å²) in [7, 11) is 1.71. The highest BCUT2D eigenvalue weighted by Gasteiger charge is 2.23. The molecule has 0 spiro atoms. The van der Waals surface area contributed by atoms with Crippen LogP contribution in [0.15, 0.2) is 23.1 Å². The van der Waals surface area contributed by atoms with Gasteiger partial charge in [0, 0.05) is 34.4 Å². The zero-order valence-corrected chi connectivity index (χ0v) is 12.5. The maximum Gasteiger partial charge on any atom is 0.289 e. The first kappa shape index (κ1) is 13.4. The Morgan fingerprint density at radius 1 is 1.56 bits per heavy atom. The average Bonchev–Trinajstić information content (AvgIpc) is 2.31. The second-order valence-electron chi connectivity index (χ2n) is 4.19. The fourth-order valence-corrected chi connectivity index (χ4v) is 2.75. The van der Waals surface area contributed by atoms with Gasteiger partial charge in [0.1, 0.15) is 0 Å². The van der Waals surface area contributed by atoms with Crippen molar-refractivity contribution in [2.24, 2.45) is 0 Å². The van der Waals surface area contributed by atoms with Gasteiger partial charge in [0.2, 0.25) is 5.91 Å². The molecule has 1 aromatic carbocycles. The molecule has 18 heavy (non-hydrogen) atoms. The van der Waals surface area contributed by atoms with Gasteiger partial charge in [0.15, 0.2) is 0 Å². The minimum absolute atomic E-state index is 0.0228. The second-order valence-corrected chi connectivity index (χ2v) is 6.25. The number of thioether (sulfide) groups is 1. The van der Waals surface area contributed by atoms with Crippen molar-refractivity contribution in [2.75, 3.05) is 12.4 Å². The Bertz CT molecular complexity index is 507. The number of anilines is 1. The lowest BCUT2D eigenvalue weighted by molar-refractivity contribution is -0.115. The van der Waals surface area contributed by atoms with Crippen molar-refractivity contribution in [1.82, 2.24) is 4.90 Å². The minimum Gasteiger partial charge on any atom is -0.332 e. The smallest absolute Gasteiger partial charge is 0.289 e. The fraction of sp³-hybridized carbons (Fsp3) is 0.333. The number of carbonyl (C=O) groups is 2. The van der Waals surface area contributed by atoms with E-state index < -0.39 is 0 Å². The van der Waals surface area contributed by atoms with Crippen LogP contribution in [0.3, 0.4) is 0 Å². The van der Waals surface area contributed by atoms with Crippen molar-refractivity contribution in [1.29, 1.82) is 0 Å². The first-order valence-electron chi connectivity index (χ1n) is 5.48. The van der Waals surface area contributed by atoms with E-state index in [2.05, 4.69) is 21.2 Å². The van der Waals surface area contributed by atoms with E-state index in [0.717, 1.165) is 16.1 Å². The molecule has 1 unspecified atom stereocenters. The molecular weight excluding hydrogens is 316 g/mol. The molecule has 1 aromatic rings. The summed E-state index contributed by atoms with van der Waals surface area (Å²) in [6.45, 7) is 2.39. The summed E-state index contributed by atoms with van der Waals surface area (Å²) in [5, 5.41) is 2.82. The molecule has 1 aliphatic rings. The van der Waals surface area contributed by atoms with Crippen LogP contribution < -0.4 is 5.32 Å². The van der Waals surface area contributed by atoms with Crippen molar-refractivity contribution in [3.8, 4) is 0 Å². The lowest BCUT2D eigenvalue weighted by Crippen LogP contribution is -2.26. The van der Waals surface area contributed by atoms with Crippen LogP contribution in [0.1, 0.15) is 12.5 Å². The number of hydrogen-bond acceptors (Lipinski definition) is 3. The maximum absolute atomic E-state index is 11.6. The van der Waals surface area contributed by atoms with Gasteiger partial charge in [-0.2, -0.15) is 0 Å². The third-order valence-electron chi connectivity index (χ3n) is 2.69. The lowest BCUT2D eigenvalue weighted by atomic mass is 10.2. The van der Waals surface area contributed by atoms with Crippen molar-refractivity contribution in [3.05, 3.63) is 23.8 Å². The second kappa shape index (κ2) is 5.32. The molecule has 4 nitrogen and oxygen atoms in total. The van der Waals surface area contributed by atoms with Crippen LogP contribution in [-0.2, 0) is 11.3 Å². The Kier molecular flexibility index (Phi) is 3.97. The van der Waals surface area contributed by atoms with Crippen LogP contribution in [-0.4, -0.2) is 27.9 Å². The minimum atomic E-state index is -0.160. The Hall–Kier alpha value is -1.01. The third-order valence-corrected chi connectivity index (χ3v) is 4.48. The predicted molar refractivity (Wildman–Crippen MR) is 76.2 cm³/mol.